The molecule has 0 spiro atoms. The number of carbonyl (C=O) groups is 1. The van der Waals surface area contributed by atoms with Gasteiger partial charge >= 0.3 is 0 Å². The number of nitrogens with zero attached hydrogens (tertiary/aromatic N) is 1. The summed E-state index contributed by atoms with van der Waals surface area (Å²) in [5.74, 6) is 0.0702. The number of rotatable bonds is 5. The predicted octanol–water partition coefficient (Wildman–Crippen LogP) is 3.37. The van der Waals surface area contributed by atoms with Gasteiger partial charge in [0, 0.05) is 15.6 Å². The Morgan fingerprint density at radius 3 is 2.61 bits per heavy atom. The normalized spacial score (nSPS) is 10.6. The molecule has 2 rings (SSSR count). The minimum Gasteiger partial charge on any atom is -0.493 e. The topological polar surface area (TPSA) is 59.9 Å². The fourth-order valence-electron chi connectivity index (χ4n) is 1.82. The van der Waals surface area contributed by atoms with E-state index in [-0.39, 0.29) is 5.56 Å². The molecule has 0 saturated carbocycles. The van der Waals surface area contributed by atoms with E-state index in [4.69, 9.17) is 9.47 Å². The molecule has 0 heterocycles. The lowest BCUT2D eigenvalue weighted by atomic mass is 10.2. The average Bonchev–Trinajstić information content (AvgIpc) is 2.57. The van der Waals surface area contributed by atoms with Crippen LogP contribution < -0.4 is 14.9 Å². The molecule has 0 aliphatic carbocycles. The largest absolute Gasteiger partial charge is 0.493 e. The Balaban J connectivity index is 2.10. The summed E-state index contributed by atoms with van der Waals surface area (Å²) in [5.41, 5.74) is 2.93. The first-order chi connectivity index (χ1) is 11.0. The molecule has 1 N–H and O–H groups in total. The van der Waals surface area contributed by atoms with Gasteiger partial charge in [0.05, 0.1) is 20.4 Å². The minimum atomic E-state index is -0.447. The number of amides is 1. The van der Waals surface area contributed by atoms with Crippen LogP contribution in [0.4, 0.5) is 4.39 Å². The molecular formula is C16H14BrFN2O3. The number of hydrazone groups is 1. The molecule has 0 atom stereocenters. The number of methoxy groups -OCH3 is 2. The summed E-state index contributed by atoms with van der Waals surface area (Å²) in [6.45, 7) is 0. The smallest absolute Gasteiger partial charge is 0.271 e. The molecule has 7 heteroatoms. The molecule has 120 valence electrons. The van der Waals surface area contributed by atoms with Crippen molar-refractivity contribution in [3.8, 4) is 11.5 Å². The standard InChI is InChI=1S/C16H14BrFN2O3/c1-22-14-6-3-10(8-15(14)23-2)16(21)20-19-9-11-7-12(17)4-5-13(11)18/h3-9H,1-2H3,(H,20,21)/b19-9-. The molecule has 5 nitrogen and oxygen atoms in total. The van der Waals surface area contributed by atoms with Crippen LogP contribution in [0, 0.1) is 5.82 Å². The highest BCUT2D eigenvalue weighted by atomic mass is 79.9. The Labute approximate surface area is 141 Å². The van der Waals surface area contributed by atoms with E-state index in [1.165, 1.54) is 32.6 Å². The average molecular weight is 381 g/mol. The van der Waals surface area contributed by atoms with E-state index in [1.54, 1.807) is 24.3 Å². The van der Waals surface area contributed by atoms with Crippen molar-refractivity contribution in [3.63, 3.8) is 0 Å². The van der Waals surface area contributed by atoms with Gasteiger partial charge in [-0.1, -0.05) is 15.9 Å². The Bertz CT molecular complexity index is 750. The molecular weight excluding hydrogens is 367 g/mol. The molecule has 0 fully saturated rings. The van der Waals surface area contributed by atoms with Crippen molar-refractivity contribution in [1.29, 1.82) is 0 Å². The van der Waals surface area contributed by atoms with Crippen LogP contribution in [-0.4, -0.2) is 26.3 Å². The molecule has 2 aromatic rings. The van der Waals surface area contributed by atoms with Gasteiger partial charge in [0.25, 0.3) is 5.91 Å². The van der Waals surface area contributed by atoms with Gasteiger partial charge in [-0.3, -0.25) is 4.79 Å². The predicted molar refractivity (Wildman–Crippen MR) is 88.7 cm³/mol. The number of carbonyl (C=O) groups excluding carboxylic acids is 1. The second-order valence-electron chi connectivity index (χ2n) is 4.43. The fourth-order valence-corrected chi connectivity index (χ4v) is 2.19. The zero-order valence-corrected chi connectivity index (χ0v) is 14.1. The first-order valence-corrected chi connectivity index (χ1v) is 7.35. The zero-order valence-electron chi connectivity index (χ0n) is 12.5. The lowest BCUT2D eigenvalue weighted by Crippen LogP contribution is -2.17. The van der Waals surface area contributed by atoms with E-state index in [0.29, 0.717) is 21.5 Å². The van der Waals surface area contributed by atoms with E-state index in [1.807, 2.05) is 0 Å². The van der Waals surface area contributed by atoms with Gasteiger partial charge in [-0.2, -0.15) is 5.10 Å². The van der Waals surface area contributed by atoms with Gasteiger partial charge in [0.15, 0.2) is 11.5 Å². The zero-order chi connectivity index (χ0) is 16.8. The van der Waals surface area contributed by atoms with Crippen molar-refractivity contribution >= 4 is 28.1 Å². The van der Waals surface area contributed by atoms with Gasteiger partial charge in [-0.05, 0) is 36.4 Å². The van der Waals surface area contributed by atoms with Gasteiger partial charge in [-0.15, -0.1) is 0 Å². The number of hydrogen-bond acceptors (Lipinski definition) is 4. The minimum absolute atomic E-state index is 0.256. The lowest BCUT2D eigenvalue weighted by Gasteiger charge is -2.08. The third-order valence-electron chi connectivity index (χ3n) is 2.97. The molecule has 0 aliphatic rings. The van der Waals surface area contributed by atoms with E-state index < -0.39 is 11.7 Å². The van der Waals surface area contributed by atoms with E-state index >= 15 is 0 Å². The molecule has 2 aromatic carbocycles. The van der Waals surface area contributed by atoms with Gasteiger partial charge in [0.2, 0.25) is 0 Å². The summed E-state index contributed by atoms with van der Waals surface area (Å²) in [4.78, 5) is 12.0. The molecule has 1 amide bonds. The molecule has 0 aromatic heterocycles. The summed E-state index contributed by atoms with van der Waals surface area (Å²) in [6.07, 6.45) is 1.23. The third kappa shape index (κ3) is 4.29. The van der Waals surface area contributed by atoms with Gasteiger partial charge in [0.1, 0.15) is 5.82 Å². The highest BCUT2D eigenvalue weighted by Gasteiger charge is 2.10. The third-order valence-corrected chi connectivity index (χ3v) is 3.47. The molecule has 0 radical (unpaired) electrons. The first kappa shape index (κ1) is 17.0. The maximum atomic E-state index is 13.5. The number of hydrogen-bond donors (Lipinski definition) is 1. The fraction of sp³-hybridized carbons (Fsp3) is 0.125. The molecule has 0 saturated heterocycles. The van der Waals surface area contributed by atoms with Gasteiger partial charge in [-0.25, -0.2) is 9.82 Å². The Morgan fingerprint density at radius 1 is 1.17 bits per heavy atom. The first-order valence-electron chi connectivity index (χ1n) is 6.55. The lowest BCUT2D eigenvalue weighted by molar-refractivity contribution is 0.0954. The molecule has 0 bridgehead atoms. The van der Waals surface area contributed by atoms with Crippen molar-refractivity contribution in [2.45, 2.75) is 0 Å². The summed E-state index contributed by atoms with van der Waals surface area (Å²) in [7, 11) is 2.99. The maximum absolute atomic E-state index is 13.5. The van der Waals surface area contributed by atoms with E-state index in [2.05, 4.69) is 26.5 Å². The van der Waals surface area contributed by atoms with Gasteiger partial charge < -0.3 is 9.47 Å². The van der Waals surface area contributed by atoms with E-state index in [0.717, 1.165) is 0 Å². The molecule has 0 aliphatic heterocycles. The quantitative estimate of drug-likeness (QED) is 0.638. The Hall–Kier alpha value is -2.41. The number of ether oxygens (including phenoxy) is 2. The molecule has 0 unspecified atom stereocenters. The molecule has 23 heavy (non-hydrogen) atoms. The van der Waals surface area contributed by atoms with Crippen LogP contribution in [0.15, 0.2) is 46.0 Å². The number of benzene rings is 2. The van der Waals surface area contributed by atoms with E-state index in [9.17, 15) is 9.18 Å². The van der Waals surface area contributed by atoms with Crippen molar-refractivity contribution in [3.05, 3.63) is 57.8 Å². The number of halogens is 2. The summed E-state index contributed by atoms with van der Waals surface area (Å²) in [5, 5.41) is 3.76. The monoisotopic (exact) mass is 380 g/mol. The Kier molecular flexibility index (Phi) is 5.70. The van der Waals surface area contributed by atoms with Crippen molar-refractivity contribution in [2.75, 3.05) is 14.2 Å². The van der Waals surface area contributed by atoms with Crippen LogP contribution in [-0.2, 0) is 0 Å². The second kappa shape index (κ2) is 7.73. The van der Waals surface area contributed by atoms with Crippen LogP contribution in [0.5, 0.6) is 11.5 Å². The maximum Gasteiger partial charge on any atom is 0.271 e. The summed E-state index contributed by atoms with van der Waals surface area (Å²) < 4.78 is 24.5. The second-order valence-corrected chi connectivity index (χ2v) is 5.35. The summed E-state index contributed by atoms with van der Waals surface area (Å²) in [6, 6.07) is 9.17. The SMILES string of the molecule is COc1ccc(C(=O)N/N=C\c2cc(Br)ccc2F)cc1OC. The van der Waals surface area contributed by atoms with Crippen LogP contribution in [0.25, 0.3) is 0 Å². The van der Waals surface area contributed by atoms with Crippen molar-refractivity contribution in [2.24, 2.45) is 5.10 Å². The van der Waals surface area contributed by atoms with Crippen LogP contribution in [0.1, 0.15) is 15.9 Å². The van der Waals surface area contributed by atoms with Crippen LogP contribution >= 0.6 is 15.9 Å². The van der Waals surface area contributed by atoms with Crippen LogP contribution in [0.2, 0.25) is 0 Å². The highest BCUT2D eigenvalue weighted by molar-refractivity contribution is 9.10. The van der Waals surface area contributed by atoms with Crippen molar-refractivity contribution in [1.82, 2.24) is 5.43 Å². The van der Waals surface area contributed by atoms with Crippen molar-refractivity contribution < 1.29 is 18.7 Å². The Morgan fingerprint density at radius 2 is 1.91 bits per heavy atom. The van der Waals surface area contributed by atoms with Crippen LogP contribution in [0.3, 0.4) is 0 Å². The number of nitrogens with one attached hydrogen (secondary N) is 1. The highest BCUT2D eigenvalue weighted by Crippen LogP contribution is 2.27. The summed E-state index contributed by atoms with van der Waals surface area (Å²) >= 11 is 3.24.